The highest BCUT2D eigenvalue weighted by Gasteiger charge is 2.22. The van der Waals surface area contributed by atoms with Crippen molar-refractivity contribution < 1.29 is 0 Å². The van der Waals surface area contributed by atoms with Crippen LogP contribution in [0.5, 0.6) is 0 Å². The Kier molecular flexibility index (Phi) is 5.74. The van der Waals surface area contributed by atoms with Gasteiger partial charge in [-0.05, 0) is 51.3 Å². The lowest BCUT2D eigenvalue weighted by Gasteiger charge is -2.36. The van der Waals surface area contributed by atoms with Crippen molar-refractivity contribution in [2.24, 2.45) is 0 Å². The number of likely N-dealkylation sites (N-methyl/N-ethyl adjacent to an activating group) is 1. The number of thiol groups is 1. The lowest BCUT2D eigenvalue weighted by molar-refractivity contribution is 0.140. The molecule has 0 amide bonds. The first-order valence-electron chi connectivity index (χ1n) is 7.25. The highest BCUT2D eigenvalue weighted by atomic mass is 32.1. The van der Waals surface area contributed by atoms with E-state index in [0.717, 1.165) is 18.3 Å². The van der Waals surface area contributed by atoms with Crippen molar-refractivity contribution in [1.82, 2.24) is 9.80 Å². The van der Waals surface area contributed by atoms with E-state index in [0.29, 0.717) is 5.92 Å². The fourth-order valence-corrected chi connectivity index (χ4v) is 3.25. The van der Waals surface area contributed by atoms with Crippen LogP contribution in [0.25, 0.3) is 0 Å². The molecule has 1 heterocycles. The van der Waals surface area contributed by atoms with Crippen LogP contribution < -0.4 is 0 Å². The lowest BCUT2D eigenvalue weighted by atomic mass is 9.98. The Labute approximate surface area is 123 Å². The van der Waals surface area contributed by atoms with E-state index in [1.165, 1.54) is 31.5 Å². The van der Waals surface area contributed by atoms with Crippen molar-refractivity contribution in [3.8, 4) is 0 Å². The number of piperidine rings is 1. The summed E-state index contributed by atoms with van der Waals surface area (Å²) in [5.74, 6) is 1.45. The predicted molar refractivity (Wildman–Crippen MR) is 86.2 cm³/mol. The molecule has 0 radical (unpaired) electrons. The van der Waals surface area contributed by atoms with Crippen LogP contribution in [0.15, 0.2) is 30.3 Å². The summed E-state index contributed by atoms with van der Waals surface area (Å²) in [6, 6.07) is 11.5. The number of hydrogen-bond acceptors (Lipinski definition) is 3. The lowest BCUT2D eigenvalue weighted by Crippen LogP contribution is -2.43. The maximum Gasteiger partial charge on any atom is 0.0117 e. The maximum absolute atomic E-state index is 4.54. The quantitative estimate of drug-likeness (QED) is 0.828. The summed E-state index contributed by atoms with van der Waals surface area (Å²) in [4.78, 5) is 4.97. The monoisotopic (exact) mass is 278 g/mol. The molecule has 1 aromatic carbocycles. The van der Waals surface area contributed by atoms with Crippen LogP contribution >= 0.6 is 12.6 Å². The summed E-state index contributed by atoms with van der Waals surface area (Å²) >= 11 is 4.54. The van der Waals surface area contributed by atoms with E-state index < -0.39 is 0 Å². The van der Waals surface area contributed by atoms with E-state index in [9.17, 15) is 0 Å². The van der Waals surface area contributed by atoms with Crippen LogP contribution in [0.2, 0.25) is 0 Å². The van der Waals surface area contributed by atoms with E-state index in [2.05, 4.69) is 66.9 Å². The van der Waals surface area contributed by atoms with Crippen LogP contribution in [0, 0.1) is 0 Å². The molecule has 1 atom stereocenters. The SMILES string of the molecule is CN1CCC(N(C)CC(CS)c2ccccc2)CC1. The molecule has 0 aliphatic carbocycles. The molecule has 0 saturated carbocycles. The third-order valence-electron chi connectivity index (χ3n) is 4.31. The fraction of sp³-hybridized carbons (Fsp3) is 0.625. The first-order valence-corrected chi connectivity index (χ1v) is 7.88. The Morgan fingerprint density at radius 3 is 2.47 bits per heavy atom. The predicted octanol–water partition coefficient (Wildman–Crippen LogP) is 2.73. The van der Waals surface area contributed by atoms with E-state index in [1.807, 2.05) is 0 Å². The van der Waals surface area contributed by atoms with Crippen LogP contribution in [0.3, 0.4) is 0 Å². The molecule has 1 saturated heterocycles. The smallest absolute Gasteiger partial charge is 0.0117 e. The topological polar surface area (TPSA) is 6.48 Å². The Morgan fingerprint density at radius 1 is 1.26 bits per heavy atom. The second-order valence-corrected chi connectivity index (χ2v) is 6.13. The third kappa shape index (κ3) is 4.23. The molecule has 1 aromatic rings. The minimum atomic E-state index is 0.536. The van der Waals surface area contributed by atoms with Crippen LogP contribution in [0.4, 0.5) is 0 Å². The largest absolute Gasteiger partial charge is 0.306 e. The third-order valence-corrected chi connectivity index (χ3v) is 4.75. The van der Waals surface area contributed by atoms with Gasteiger partial charge in [0.2, 0.25) is 0 Å². The van der Waals surface area contributed by atoms with Crippen molar-refractivity contribution >= 4 is 12.6 Å². The average Bonchev–Trinajstić information content (AvgIpc) is 2.46. The van der Waals surface area contributed by atoms with E-state index in [4.69, 9.17) is 0 Å². The van der Waals surface area contributed by atoms with Crippen molar-refractivity contribution in [3.63, 3.8) is 0 Å². The first-order chi connectivity index (χ1) is 9.20. The molecule has 1 aliphatic rings. The Morgan fingerprint density at radius 2 is 1.89 bits per heavy atom. The normalized spacial score (nSPS) is 19.8. The Hall–Kier alpha value is -0.510. The second-order valence-electron chi connectivity index (χ2n) is 5.76. The summed E-state index contributed by atoms with van der Waals surface area (Å²) in [5, 5.41) is 0. The number of benzene rings is 1. The number of nitrogens with zero attached hydrogens (tertiary/aromatic N) is 2. The van der Waals surface area contributed by atoms with Crippen molar-refractivity contribution in [1.29, 1.82) is 0 Å². The highest BCUT2D eigenvalue weighted by Crippen LogP contribution is 2.21. The number of hydrogen-bond donors (Lipinski definition) is 1. The molecule has 1 fully saturated rings. The zero-order valence-electron chi connectivity index (χ0n) is 12.1. The average molecular weight is 278 g/mol. The Balaban J connectivity index is 1.91. The molecule has 106 valence electrons. The van der Waals surface area contributed by atoms with Crippen LogP contribution in [-0.2, 0) is 0 Å². The molecule has 0 bridgehead atoms. The summed E-state index contributed by atoms with van der Waals surface area (Å²) in [6.07, 6.45) is 2.59. The molecule has 0 aromatic heterocycles. The highest BCUT2D eigenvalue weighted by molar-refractivity contribution is 7.80. The van der Waals surface area contributed by atoms with Crippen LogP contribution in [-0.4, -0.2) is 55.3 Å². The molecule has 1 unspecified atom stereocenters. The summed E-state index contributed by atoms with van der Waals surface area (Å²) < 4.78 is 0. The van der Waals surface area contributed by atoms with Gasteiger partial charge < -0.3 is 9.80 Å². The van der Waals surface area contributed by atoms with Gasteiger partial charge in [0.15, 0.2) is 0 Å². The summed E-state index contributed by atoms with van der Waals surface area (Å²) in [6.45, 7) is 3.57. The van der Waals surface area contributed by atoms with Crippen molar-refractivity contribution in [2.45, 2.75) is 24.8 Å². The van der Waals surface area contributed by atoms with E-state index >= 15 is 0 Å². The molecular weight excluding hydrogens is 252 g/mol. The second kappa shape index (κ2) is 7.32. The first kappa shape index (κ1) is 14.9. The standard InChI is InChI=1S/C16H26N2S/c1-17-10-8-16(9-11-17)18(2)12-15(13-19)14-6-4-3-5-7-14/h3-7,15-16,19H,8-13H2,1-2H3. The zero-order valence-corrected chi connectivity index (χ0v) is 13.0. The summed E-state index contributed by atoms with van der Waals surface area (Å²) in [5.41, 5.74) is 1.41. The zero-order chi connectivity index (χ0) is 13.7. The minimum Gasteiger partial charge on any atom is -0.306 e. The summed E-state index contributed by atoms with van der Waals surface area (Å²) in [7, 11) is 4.49. The number of likely N-dealkylation sites (tertiary alicyclic amines) is 1. The van der Waals surface area contributed by atoms with Crippen molar-refractivity contribution in [3.05, 3.63) is 35.9 Å². The van der Waals surface area contributed by atoms with Crippen LogP contribution in [0.1, 0.15) is 24.3 Å². The molecule has 3 heteroatoms. The molecule has 2 rings (SSSR count). The van der Waals surface area contributed by atoms with Gasteiger partial charge in [-0.1, -0.05) is 30.3 Å². The van der Waals surface area contributed by atoms with Crippen molar-refractivity contribution in [2.75, 3.05) is 39.5 Å². The molecule has 1 aliphatic heterocycles. The van der Waals surface area contributed by atoms with Gasteiger partial charge in [-0.15, -0.1) is 0 Å². The Bertz CT molecular complexity index is 360. The van der Waals surface area contributed by atoms with E-state index in [1.54, 1.807) is 0 Å². The van der Waals surface area contributed by atoms with Gasteiger partial charge in [0, 0.05) is 18.5 Å². The van der Waals surface area contributed by atoms with Gasteiger partial charge in [-0.2, -0.15) is 12.6 Å². The molecule has 0 N–H and O–H groups in total. The number of rotatable bonds is 5. The van der Waals surface area contributed by atoms with Gasteiger partial charge in [0.25, 0.3) is 0 Å². The molecule has 19 heavy (non-hydrogen) atoms. The van der Waals surface area contributed by atoms with Gasteiger partial charge in [-0.25, -0.2) is 0 Å². The molecule has 0 spiro atoms. The fourth-order valence-electron chi connectivity index (χ4n) is 2.93. The van der Waals surface area contributed by atoms with Gasteiger partial charge in [-0.3, -0.25) is 0 Å². The van der Waals surface area contributed by atoms with Gasteiger partial charge in [0.1, 0.15) is 0 Å². The maximum atomic E-state index is 4.54. The van der Waals surface area contributed by atoms with Gasteiger partial charge in [0.05, 0.1) is 0 Å². The molecular formula is C16H26N2S. The van der Waals surface area contributed by atoms with E-state index in [-0.39, 0.29) is 0 Å². The molecule has 2 nitrogen and oxygen atoms in total. The minimum absolute atomic E-state index is 0.536. The van der Waals surface area contributed by atoms with Gasteiger partial charge >= 0.3 is 0 Å².